The molecule has 3 nitrogen and oxygen atoms in total. The zero-order chi connectivity index (χ0) is 12.3. The average Bonchev–Trinajstić information content (AvgIpc) is 2.31. The molecule has 0 aromatic heterocycles. The minimum absolute atomic E-state index is 0.545. The van der Waals surface area contributed by atoms with E-state index in [4.69, 9.17) is 11.0 Å². The summed E-state index contributed by atoms with van der Waals surface area (Å²) in [6.45, 7) is 0. The lowest BCUT2D eigenvalue weighted by atomic mass is 10.1. The molecule has 17 heavy (non-hydrogen) atoms. The molecule has 4 heteroatoms. The van der Waals surface area contributed by atoms with Crippen LogP contribution in [0.4, 0.5) is 17.1 Å². The molecule has 0 radical (unpaired) electrons. The van der Waals surface area contributed by atoms with Crippen molar-refractivity contribution in [3.63, 3.8) is 0 Å². The molecular formula is C13H10IN3. The number of hydrogen-bond acceptors (Lipinski definition) is 3. The lowest BCUT2D eigenvalue weighted by molar-refractivity contribution is 1.46. The van der Waals surface area contributed by atoms with Gasteiger partial charge in [-0.2, -0.15) is 5.26 Å². The molecule has 0 amide bonds. The first-order valence-electron chi connectivity index (χ1n) is 5.01. The number of nitrogens with zero attached hydrogens (tertiary/aromatic N) is 1. The molecule has 0 fully saturated rings. The SMILES string of the molecule is N#Cc1cc(N)ccc1Nc1cccc(I)c1. The lowest BCUT2D eigenvalue weighted by Crippen LogP contribution is -1.95. The fourth-order valence-electron chi connectivity index (χ4n) is 1.49. The molecule has 84 valence electrons. The first-order valence-corrected chi connectivity index (χ1v) is 6.09. The molecule has 0 aliphatic carbocycles. The van der Waals surface area contributed by atoms with E-state index in [0.717, 1.165) is 14.9 Å². The highest BCUT2D eigenvalue weighted by Gasteiger charge is 2.02. The molecule has 0 atom stereocenters. The number of rotatable bonds is 2. The van der Waals surface area contributed by atoms with Crippen LogP contribution in [-0.4, -0.2) is 0 Å². The van der Waals surface area contributed by atoms with Gasteiger partial charge in [-0.05, 0) is 59.0 Å². The van der Waals surface area contributed by atoms with Gasteiger partial charge in [-0.1, -0.05) is 6.07 Å². The highest BCUT2D eigenvalue weighted by Crippen LogP contribution is 2.23. The maximum atomic E-state index is 9.03. The van der Waals surface area contributed by atoms with E-state index in [0.29, 0.717) is 11.3 Å². The van der Waals surface area contributed by atoms with Crippen molar-refractivity contribution in [2.75, 3.05) is 11.1 Å². The second-order valence-electron chi connectivity index (χ2n) is 3.55. The maximum Gasteiger partial charge on any atom is 0.101 e. The standard InChI is InChI=1S/C13H10IN3/c14-10-2-1-3-12(7-10)17-13-5-4-11(16)6-9(13)8-15/h1-7,17H,16H2. The number of hydrogen-bond donors (Lipinski definition) is 2. The number of halogens is 1. The number of nitrogen functional groups attached to an aromatic ring is 1. The van der Waals surface area contributed by atoms with Crippen LogP contribution in [0.1, 0.15) is 5.56 Å². The van der Waals surface area contributed by atoms with Gasteiger partial charge >= 0.3 is 0 Å². The number of nitriles is 1. The van der Waals surface area contributed by atoms with Crippen molar-refractivity contribution in [1.82, 2.24) is 0 Å². The van der Waals surface area contributed by atoms with Crippen molar-refractivity contribution in [2.45, 2.75) is 0 Å². The predicted molar refractivity (Wildman–Crippen MR) is 78.0 cm³/mol. The van der Waals surface area contributed by atoms with Gasteiger partial charge in [0.15, 0.2) is 0 Å². The molecule has 0 saturated heterocycles. The van der Waals surface area contributed by atoms with Gasteiger partial charge in [0, 0.05) is 14.9 Å². The van der Waals surface area contributed by atoms with Crippen molar-refractivity contribution >= 4 is 39.7 Å². The van der Waals surface area contributed by atoms with E-state index >= 15 is 0 Å². The number of benzene rings is 2. The van der Waals surface area contributed by atoms with E-state index in [1.165, 1.54) is 0 Å². The van der Waals surface area contributed by atoms with Crippen LogP contribution in [0.3, 0.4) is 0 Å². The molecule has 0 bridgehead atoms. The third kappa shape index (κ3) is 2.88. The van der Waals surface area contributed by atoms with Gasteiger partial charge in [0.1, 0.15) is 6.07 Å². The van der Waals surface area contributed by atoms with E-state index in [-0.39, 0.29) is 0 Å². The van der Waals surface area contributed by atoms with Crippen molar-refractivity contribution in [3.05, 3.63) is 51.6 Å². The van der Waals surface area contributed by atoms with Crippen molar-refractivity contribution in [1.29, 1.82) is 5.26 Å². The summed E-state index contributed by atoms with van der Waals surface area (Å²) in [4.78, 5) is 0. The molecule has 0 aliphatic rings. The van der Waals surface area contributed by atoms with Gasteiger partial charge in [0.05, 0.1) is 11.3 Å². The normalized spacial score (nSPS) is 9.65. The smallest absolute Gasteiger partial charge is 0.101 e. The summed E-state index contributed by atoms with van der Waals surface area (Å²) in [5.41, 5.74) is 8.50. The minimum Gasteiger partial charge on any atom is -0.399 e. The third-order valence-electron chi connectivity index (χ3n) is 2.27. The first kappa shape index (κ1) is 11.7. The number of nitrogens with two attached hydrogens (primary N) is 1. The third-order valence-corrected chi connectivity index (χ3v) is 2.94. The number of anilines is 3. The summed E-state index contributed by atoms with van der Waals surface area (Å²) in [5, 5.41) is 12.2. The highest BCUT2D eigenvalue weighted by molar-refractivity contribution is 14.1. The fourth-order valence-corrected chi connectivity index (χ4v) is 2.03. The molecule has 0 aliphatic heterocycles. The van der Waals surface area contributed by atoms with Crippen LogP contribution < -0.4 is 11.1 Å². The van der Waals surface area contributed by atoms with Gasteiger partial charge in [-0.3, -0.25) is 0 Å². The Morgan fingerprint density at radius 3 is 2.71 bits per heavy atom. The molecular weight excluding hydrogens is 325 g/mol. The van der Waals surface area contributed by atoms with E-state index in [1.54, 1.807) is 12.1 Å². The molecule has 3 N–H and O–H groups in total. The quantitative estimate of drug-likeness (QED) is 0.652. The van der Waals surface area contributed by atoms with Gasteiger partial charge in [-0.15, -0.1) is 0 Å². The summed E-state index contributed by atoms with van der Waals surface area (Å²) in [6.07, 6.45) is 0. The Bertz CT molecular complexity index is 587. The van der Waals surface area contributed by atoms with Crippen LogP contribution in [0.5, 0.6) is 0 Å². The maximum absolute atomic E-state index is 9.03. The van der Waals surface area contributed by atoms with Crippen LogP contribution >= 0.6 is 22.6 Å². The Labute approximate surface area is 113 Å². The largest absolute Gasteiger partial charge is 0.399 e. The molecule has 2 rings (SSSR count). The first-order chi connectivity index (χ1) is 8.19. The Balaban J connectivity index is 2.34. The Morgan fingerprint density at radius 1 is 1.18 bits per heavy atom. The monoisotopic (exact) mass is 335 g/mol. The summed E-state index contributed by atoms with van der Waals surface area (Å²) in [5.74, 6) is 0. The predicted octanol–water partition coefficient (Wildman–Crippen LogP) is 3.49. The van der Waals surface area contributed by atoms with Crippen LogP contribution in [-0.2, 0) is 0 Å². The van der Waals surface area contributed by atoms with Crippen LogP contribution in [0, 0.1) is 14.9 Å². The van der Waals surface area contributed by atoms with Crippen molar-refractivity contribution in [2.24, 2.45) is 0 Å². The molecule has 0 spiro atoms. The van der Waals surface area contributed by atoms with E-state index in [1.807, 2.05) is 30.3 Å². The van der Waals surface area contributed by atoms with Gasteiger partial charge < -0.3 is 11.1 Å². The lowest BCUT2D eigenvalue weighted by Gasteiger charge is -2.09. The van der Waals surface area contributed by atoms with Crippen molar-refractivity contribution < 1.29 is 0 Å². The van der Waals surface area contributed by atoms with E-state index in [9.17, 15) is 0 Å². The molecule has 0 unspecified atom stereocenters. The van der Waals surface area contributed by atoms with Crippen LogP contribution in [0.15, 0.2) is 42.5 Å². The molecule has 2 aromatic rings. The van der Waals surface area contributed by atoms with Gasteiger partial charge in [0.2, 0.25) is 0 Å². The summed E-state index contributed by atoms with van der Waals surface area (Å²) in [7, 11) is 0. The van der Waals surface area contributed by atoms with Gasteiger partial charge in [-0.25, -0.2) is 0 Å². The Kier molecular flexibility index (Phi) is 3.49. The minimum atomic E-state index is 0.545. The number of nitrogens with one attached hydrogen (secondary N) is 1. The summed E-state index contributed by atoms with van der Waals surface area (Å²) in [6, 6.07) is 15.3. The van der Waals surface area contributed by atoms with Crippen molar-refractivity contribution in [3.8, 4) is 6.07 Å². The molecule has 0 saturated carbocycles. The Hall–Kier alpha value is -1.74. The average molecular weight is 335 g/mol. The topological polar surface area (TPSA) is 61.8 Å². The second-order valence-corrected chi connectivity index (χ2v) is 4.80. The fraction of sp³-hybridized carbons (Fsp3) is 0. The van der Waals surface area contributed by atoms with Crippen LogP contribution in [0.2, 0.25) is 0 Å². The second kappa shape index (κ2) is 5.06. The van der Waals surface area contributed by atoms with Gasteiger partial charge in [0.25, 0.3) is 0 Å². The van der Waals surface area contributed by atoms with E-state index < -0.39 is 0 Å². The molecule has 2 aromatic carbocycles. The van der Waals surface area contributed by atoms with E-state index in [2.05, 4.69) is 34.0 Å². The highest BCUT2D eigenvalue weighted by atomic mass is 127. The van der Waals surface area contributed by atoms with Crippen LogP contribution in [0.25, 0.3) is 0 Å². The summed E-state index contributed by atoms with van der Waals surface area (Å²) < 4.78 is 1.14. The molecule has 0 heterocycles. The zero-order valence-corrected chi connectivity index (χ0v) is 11.1. The Morgan fingerprint density at radius 2 is 2.00 bits per heavy atom. The zero-order valence-electron chi connectivity index (χ0n) is 8.94. The summed E-state index contributed by atoms with van der Waals surface area (Å²) >= 11 is 2.25.